The van der Waals surface area contributed by atoms with Gasteiger partial charge in [-0.1, -0.05) is 12.1 Å². The van der Waals surface area contributed by atoms with Crippen LogP contribution in [0.25, 0.3) is 17.8 Å². The van der Waals surface area contributed by atoms with Crippen molar-refractivity contribution in [2.24, 2.45) is 0 Å². The summed E-state index contributed by atoms with van der Waals surface area (Å²) < 4.78 is 50.5. The molecule has 1 aliphatic heterocycles. The normalized spacial score (nSPS) is 17.2. The van der Waals surface area contributed by atoms with Gasteiger partial charge in [0, 0.05) is 12.7 Å². The van der Waals surface area contributed by atoms with Crippen molar-refractivity contribution >= 4 is 12.2 Å². The Hall–Kier alpha value is -4.39. The van der Waals surface area contributed by atoms with Gasteiger partial charge in [-0.2, -0.15) is 10.4 Å². The average Bonchev–Trinajstić information content (AvgIpc) is 3.51. The molecule has 0 fully saturated rings. The van der Waals surface area contributed by atoms with E-state index in [0.717, 1.165) is 29.1 Å². The molecule has 5 rings (SSSR count). The molecular weight excluding hydrogens is 469 g/mol. The molecule has 0 amide bonds. The molecule has 0 bridgehead atoms. The van der Waals surface area contributed by atoms with E-state index in [1.165, 1.54) is 0 Å². The van der Waals surface area contributed by atoms with Crippen LogP contribution in [-0.2, 0) is 12.0 Å². The van der Waals surface area contributed by atoms with E-state index in [0.29, 0.717) is 24.5 Å². The molecule has 36 heavy (non-hydrogen) atoms. The smallest absolute Gasteiger partial charge is 0.194 e. The second-order valence-corrected chi connectivity index (χ2v) is 8.58. The predicted octanol–water partition coefficient (Wildman–Crippen LogP) is 4.97. The highest BCUT2D eigenvalue weighted by Gasteiger charge is 2.43. The molecule has 0 N–H and O–H groups in total. The van der Waals surface area contributed by atoms with Gasteiger partial charge in [-0.15, -0.1) is 0 Å². The van der Waals surface area contributed by atoms with E-state index in [1.807, 2.05) is 35.9 Å². The van der Waals surface area contributed by atoms with Crippen LogP contribution < -0.4 is 4.74 Å². The Balaban J connectivity index is 1.49. The number of fused-ring (bicyclic) bond motifs is 1. The number of aryl methyl sites for hydroxylation is 2. The van der Waals surface area contributed by atoms with E-state index in [1.54, 1.807) is 30.3 Å². The Morgan fingerprint density at radius 2 is 1.92 bits per heavy atom. The first kappa shape index (κ1) is 23.4. The summed E-state index contributed by atoms with van der Waals surface area (Å²) in [7, 11) is 1.59. The molecule has 0 saturated carbocycles. The van der Waals surface area contributed by atoms with Gasteiger partial charge in [-0.05, 0) is 61.2 Å². The van der Waals surface area contributed by atoms with Gasteiger partial charge in [0.05, 0.1) is 30.9 Å². The summed E-state index contributed by atoms with van der Waals surface area (Å²) in [5.41, 5.74) is 1.12. The lowest BCUT2D eigenvalue weighted by Crippen LogP contribution is -2.35. The van der Waals surface area contributed by atoms with Gasteiger partial charge in [0.1, 0.15) is 11.2 Å². The van der Waals surface area contributed by atoms with Crippen molar-refractivity contribution in [3.8, 4) is 17.5 Å². The van der Waals surface area contributed by atoms with Gasteiger partial charge >= 0.3 is 0 Å². The summed E-state index contributed by atoms with van der Waals surface area (Å²) in [6.45, 7) is 2.40. The fourth-order valence-corrected chi connectivity index (χ4v) is 4.49. The molecule has 2 aromatic heterocycles. The van der Waals surface area contributed by atoms with Crippen LogP contribution in [0, 0.1) is 35.7 Å². The molecule has 3 heterocycles. The third kappa shape index (κ3) is 3.92. The van der Waals surface area contributed by atoms with E-state index in [2.05, 4.69) is 21.1 Å². The summed E-state index contributed by atoms with van der Waals surface area (Å²) in [6, 6.07) is 9.55. The topological polar surface area (TPSA) is 81.5 Å². The van der Waals surface area contributed by atoms with E-state index in [4.69, 9.17) is 4.74 Å². The van der Waals surface area contributed by atoms with Crippen LogP contribution in [0.5, 0.6) is 5.75 Å². The summed E-state index contributed by atoms with van der Waals surface area (Å²) in [4.78, 5) is 8.76. The number of aromatic nitrogens is 5. The minimum absolute atomic E-state index is 0.0142. The molecule has 4 aromatic rings. The maximum absolute atomic E-state index is 14.0. The minimum Gasteiger partial charge on any atom is -0.495 e. The first-order valence-electron chi connectivity index (χ1n) is 11.2. The highest BCUT2D eigenvalue weighted by molar-refractivity contribution is 5.69. The monoisotopic (exact) mass is 490 g/mol. The Morgan fingerprint density at radius 3 is 2.58 bits per heavy atom. The molecule has 1 aliphatic rings. The zero-order valence-electron chi connectivity index (χ0n) is 19.5. The van der Waals surface area contributed by atoms with Gasteiger partial charge in [0.15, 0.2) is 29.1 Å². The third-order valence-corrected chi connectivity index (χ3v) is 6.28. The fourth-order valence-electron chi connectivity index (χ4n) is 4.49. The number of hydrogen-bond acceptors (Lipinski definition) is 5. The summed E-state index contributed by atoms with van der Waals surface area (Å²) in [6.07, 6.45) is 7.92. The number of nitriles is 1. The van der Waals surface area contributed by atoms with Crippen LogP contribution in [0.15, 0.2) is 42.9 Å². The van der Waals surface area contributed by atoms with Crippen molar-refractivity contribution in [2.75, 3.05) is 7.11 Å². The van der Waals surface area contributed by atoms with Gasteiger partial charge in [0.2, 0.25) is 0 Å². The van der Waals surface area contributed by atoms with Crippen LogP contribution >= 0.6 is 0 Å². The van der Waals surface area contributed by atoms with Crippen molar-refractivity contribution in [2.45, 2.75) is 31.7 Å². The van der Waals surface area contributed by atoms with E-state index >= 15 is 0 Å². The Morgan fingerprint density at radius 1 is 1.14 bits per heavy atom. The molecule has 2 aromatic carbocycles. The fraction of sp³-hybridized carbons (Fsp3) is 0.231. The van der Waals surface area contributed by atoms with Crippen molar-refractivity contribution in [3.05, 3.63) is 88.8 Å². The van der Waals surface area contributed by atoms with Crippen LogP contribution in [-0.4, -0.2) is 31.4 Å². The molecule has 0 aliphatic carbocycles. The zero-order chi connectivity index (χ0) is 25.4. The van der Waals surface area contributed by atoms with E-state index in [-0.39, 0.29) is 17.8 Å². The van der Waals surface area contributed by atoms with Crippen LogP contribution in [0.4, 0.5) is 13.2 Å². The number of ether oxygens (including phenoxy) is 1. The standard InChI is InChI=1S/C26H21F3N6O/c1-16-13-34(15-31-16)21-6-4-17(10-22(21)36-2)5-7-23-32-25-26(14-30,8-3-9-35(25)33-23)18-11-19(27)24(29)20(28)12-18/h4-7,10-13,15H,3,8-9H2,1-2H3/t26-/m1/s1. The van der Waals surface area contributed by atoms with E-state index in [9.17, 15) is 18.4 Å². The second-order valence-electron chi connectivity index (χ2n) is 8.58. The Labute approximate surface area is 205 Å². The van der Waals surface area contributed by atoms with Gasteiger partial charge in [0.25, 0.3) is 0 Å². The lowest BCUT2D eigenvalue weighted by Gasteiger charge is -2.30. The summed E-state index contributed by atoms with van der Waals surface area (Å²) in [5, 5.41) is 14.6. The lowest BCUT2D eigenvalue weighted by atomic mass is 9.75. The summed E-state index contributed by atoms with van der Waals surface area (Å²) in [5.74, 6) is -3.01. The number of imidazole rings is 1. The highest BCUT2D eigenvalue weighted by atomic mass is 19.2. The number of rotatable bonds is 5. The SMILES string of the molecule is COc1cc(C=Cc2nc3n(n2)CCC[C@@]3(C#N)c2cc(F)c(F)c(F)c2)ccc1-n1cnc(C)c1. The summed E-state index contributed by atoms with van der Waals surface area (Å²) >= 11 is 0. The van der Waals surface area contributed by atoms with Gasteiger partial charge in [-0.25, -0.2) is 27.8 Å². The van der Waals surface area contributed by atoms with Crippen LogP contribution in [0.3, 0.4) is 0 Å². The van der Waals surface area contributed by atoms with Crippen molar-refractivity contribution in [3.63, 3.8) is 0 Å². The van der Waals surface area contributed by atoms with Crippen molar-refractivity contribution < 1.29 is 17.9 Å². The average molecular weight is 490 g/mol. The highest BCUT2D eigenvalue weighted by Crippen LogP contribution is 2.39. The van der Waals surface area contributed by atoms with Crippen molar-refractivity contribution in [1.29, 1.82) is 5.26 Å². The quantitative estimate of drug-likeness (QED) is 0.369. The van der Waals surface area contributed by atoms with E-state index < -0.39 is 22.9 Å². The zero-order valence-corrected chi connectivity index (χ0v) is 19.5. The number of methoxy groups -OCH3 is 1. The van der Waals surface area contributed by atoms with Gasteiger partial charge in [-0.3, -0.25) is 0 Å². The molecule has 10 heteroatoms. The lowest BCUT2D eigenvalue weighted by molar-refractivity contribution is 0.385. The number of hydrogen-bond donors (Lipinski definition) is 0. The molecule has 0 spiro atoms. The maximum atomic E-state index is 14.0. The molecule has 0 unspecified atom stereocenters. The first-order chi connectivity index (χ1) is 17.3. The van der Waals surface area contributed by atoms with Crippen LogP contribution in [0.1, 0.15) is 41.3 Å². The largest absolute Gasteiger partial charge is 0.495 e. The molecule has 1 atom stereocenters. The number of benzene rings is 2. The molecule has 0 saturated heterocycles. The molecule has 0 radical (unpaired) electrons. The Bertz CT molecular complexity index is 1510. The minimum atomic E-state index is -1.57. The second kappa shape index (κ2) is 9.00. The maximum Gasteiger partial charge on any atom is 0.194 e. The Kier molecular flexibility index (Phi) is 5.84. The van der Waals surface area contributed by atoms with Gasteiger partial charge < -0.3 is 9.30 Å². The molecular formula is C26H21F3N6O. The molecule has 7 nitrogen and oxygen atoms in total. The number of halogens is 3. The van der Waals surface area contributed by atoms with Crippen molar-refractivity contribution in [1.82, 2.24) is 24.3 Å². The third-order valence-electron chi connectivity index (χ3n) is 6.28. The first-order valence-corrected chi connectivity index (χ1v) is 11.2. The molecule has 182 valence electrons. The number of nitrogens with zero attached hydrogens (tertiary/aromatic N) is 6. The predicted molar refractivity (Wildman–Crippen MR) is 126 cm³/mol. The van der Waals surface area contributed by atoms with Crippen LogP contribution in [0.2, 0.25) is 0 Å².